The van der Waals surface area contributed by atoms with E-state index in [0.717, 1.165) is 11.1 Å². The summed E-state index contributed by atoms with van der Waals surface area (Å²) in [5.74, 6) is 0.00840. The number of likely N-dealkylation sites (tertiary alicyclic amines) is 1. The summed E-state index contributed by atoms with van der Waals surface area (Å²) in [4.78, 5) is 16.6. The zero-order valence-electron chi connectivity index (χ0n) is 22.4. The van der Waals surface area contributed by atoms with Gasteiger partial charge in [0.25, 0.3) is 0 Å². The molecule has 8 heteroatoms. The highest BCUT2D eigenvalue weighted by atomic mass is 35.5. The highest BCUT2D eigenvalue weighted by molar-refractivity contribution is 7.90. The van der Waals surface area contributed by atoms with E-state index in [-0.39, 0.29) is 35.7 Å². The fourth-order valence-corrected chi connectivity index (χ4v) is 7.96. The number of rotatable bonds is 11. The third kappa shape index (κ3) is 5.70. The largest absolute Gasteiger partial charge is 0.330 e. The van der Waals surface area contributed by atoms with Crippen molar-refractivity contribution in [1.82, 2.24) is 9.21 Å². The maximum absolute atomic E-state index is 14.6. The molecule has 5 nitrogen and oxygen atoms in total. The SMILES string of the molecule is C=CCC1(CC)C[C@H](c2cccc(Cl)c2)[C@@H](c2ccc(Cl)cc2)N([C@H](CC)CN(C)S(=O)(=O)C2CC2)C1=O. The number of allylic oxidation sites excluding steroid dienone is 1. The minimum Gasteiger partial charge on any atom is -0.330 e. The van der Waals surface area contributed by atoms with Gasteiger partial charge in [-0.05, 0) is 73.9 Å². The molecular formula is C30H38Cl2N2O3S. The van der Waals surface area contributed by atoms with E-state index in [1.54, 1.807) is 7.05 Å². The van der Waals surface area contributed by atoms with Gasteiger partial charge in [-0.25, -0.2) is 12.7 Å². The van der Waals surface area contributed by atoms with Gasteiger partial charge in [-0.3, -0.25) is 4.79 Å². The summed E-state index contributed by atoms with van der Waals surface area (Å²) in [5, 5.41) is 0.969. The van der Waals surface area contributed by atoms with Crippen LogP contribution in [0.5, 0.6) is 0 Å². The molecule has 1 saturated heterocycles. The number of amides is 1. The van der Waals surface area contributed by atoms with Crippen molar-refractivity contribution in [3.8, 4) is 0 Å². The quantitative estimate of drug-likeness (QED) is 0.265. The Labute approximate surface area is 237 Å². The van der Waals surface area contributed by atoms with Gasteiger partial charge in [0.15, 0.2) is 0 Å². The Kier molecular flexibility index (Phi) is 8.98. The maximum atomic E-state index is 14.6. The fourth-order valence-electron chi connectivity index (χ4n) is 6.02. The molecule has 0 bridgehead atoms. The molecule has 2 aromatic carbocycles. The second-order valence-corrected chi connectivity index (χ2v) is 14.0. The zero-order chi connectivity index (χ0) is 27.7. The Morgan fingerprint density at radius 1 is 1.11 bits per heavy atom. The minimum absolute atomic E-state index is 0.0492. The number of carbonyl (C=O) groups excluding carboxylic acids is 1. The lowest BCUT2D eigenvalue weighted by Gasteiger charge is -2.53. The van der Waals surface area contributed by atoms with Gasteiger partial charge < -0.3 is 4.90 Å². The maximum Gasteiger partial charge on any atom is 0.229 e. The van der Waals surface area contributed by atoms with E-state index in [9.17, 15) is 13.2 Å². The second kappa shape index (κ2) is 11.7. The van der Waals surface area contributed by atoms with Gasteiger partial charge >= 0.3 is 0 Å². The number of sulfonamides is 1. The number of carbonyl (C=O) groups is 1. The van der Waals surface area contributed by atoms with E-state index in [1.807, 2.05) is 60.4 Å². The van der Waals surface area contributed by atoms with E-state index in [1.165, 1.54) is 4.31 Å². The standard InChI is InChI=1S/C30H38Cl2N2O3S/c1-5-17-30(7-3)19-27(22-9-8-10-24(32)18-22)28(21-11-13-23(31)14-12-21)34(29(30)35)25(6-2)20-33(4)38(36,37)26-15-16-26/h5,8-14,18,25-28H,1,6-7,15-17,19-20H2,2-4H3/t25-,27-,28-,30?/m1/s1. The van der Waals surface area contributed by atoms with Gasteiger partial charge in [0, 0.05) is 35.6 Å². The molecule has 4 atom stereocenters. The minimum atomic E-state index is -3.39. The van der Waals surface area contributed by atoms with Crippen LogP contribution in [0, 0.1) is 5.41 Å². The molecule has 0 spiro atoms. The Morgan fingerprint density at radius 3 is 2.34 bits per heavy atom. The number of halogens is 2. The van der Waals surface area contributed by atoms with E-state index in [2.05, 4.69) is 19.6 Å². The Balaban J connectivity index is 1.87. The second-order valence-electron chi connectivity index (χ2n) is 10.8. The highest BCUT2D eigenvalue weighted by Gasteiger charge is 2.52. The van der Waals surface area contributed by atoms with Crippen LogP contribution in [0.15, 0.2) is 61.2 Å². The van der Waals surface area contributed by atoms with Crippen molar-refractivity contribution in [2.45, 2.75) is 75.6 Å². The van der Waals surface area contributed by atoms with Crippen molar-refractivity contribution in [3.05, 3.63) is 82.4 Å². The van der Waals surface area contributed by atoms with Gasteiger partial charge in [-0.1, -0.05) is 67.4 Å². The van der Waals surface area contributed by atoms with Crippen LogP contribution in [0.25, 0.3) is 0 Å². The Hall–Kier alpha value is -1.86. The first kappa shape index (κ1) is 29.1. The molecule has 1 amide bonds. The molecular weight excluding hydrogens is 539 g/mol. The molecule has 2 aliphatic rings. The smallest absolute Gasteiger partial charge is 0.229 e. The topological polar surface area (TPSA) is 57.7 Å². The molecule has 2 aromatic rings. The average molecular weight is 578 g/mol. The summed E-state index contributed by atoms with van der Waals surface area (Å²) in [6.45, 7) is 8.32. The normalized spacial score (nSPS) is 25.0. The van der Waals surface area contributed by atoms with Crippen molar-refractivity contribution in [2.75, 3.05) is 13.6 Å². The molecule has 206 valence electrons. The van der Waals surface area contributed by atoms with Gasteiger partial charge in [0.2, 0.25) is 15.9 Å². The number of hydrogen-bond donors (Lipinski definition) is 0. The number of benzene rings is 2. The third-order valence-electron chi connectivity index (χ3n) is 8.39. The van der Waals surface area contributed by atoms with Crippen LogP contribution < -0.4 is 0 Å². The van der Waals surface area contributed by atoms with Crippen LogP contribution in [0.4, 0.5) is 0 Å². The summed E-state index contributed by atoms with van der Waals surface area (Å²) in [6.07, 6.45) is 5.72. The van der Waals surface area contributed by atoms with Crippen LogP contribution in [-0.4, -0.2) is 48.4 Å². The molecule has 2 fully saturated rings. The summed E-state index contributed by atoms with van der Waals surface area (Å²) in [7, 11) is -1.74. The number of nitrogens with zero attached hydrogens (tertiary/aromatic N) is 2. The Bertz CT molecular complexity index is 1260. The molecule has 4 rings (SSSR count). The summed E-state index contributed by atoms with van der Waals surface area (Å²) < 4.78 is 27.6. The zero-order valence-corrected chi connectivity index (χ0v) is 24.8. The Morgan fingerprint density at radius 2 is 1.79 bits per heavy atom. The monoisotopic (exact) mass is 576 g/mol. The molecule has 38 heavy (non-hydrogen) atoms. The van der Waals surface area contributed by atoms with Gasteiger partial charge in [-0.2, -0.15) is 0 Å². The van der Waals surface area contributed by atoms with E-state index in [4.69, 9.17) is 23.2 Å². The number of likely N-dealkylation sites (N-methyl/N-ethyl adjacent to an activating group) is 1. The van der Waals surface area contributed by atoms with Crippen LogP contribution in [-0.2, 0) is 14.8 Å². The van der Waals surface area contributed by atoms with Crippen molar-refractivity contribution >= 4 is 39.1 Å². The predicted octanol–water partition coefficient (Wildman–Crippen LogP) is 7.23. The lowest BCUT2D eigenvalue weighted by atomic mass is 9.65. The molecule has 0 radical (unpaired) electrons. The van der Waals surface area contributed by atoms with Crippen LogP contribution in [0.2, 0.25) is 10.0 Å². The van der Waals surface area contributed by atoms with Crippen LogP contribution in [0.1, 0.15) is 75.5 Å². The lowest BCUT2D eigenvalue weighted by molar-refractivity contribution is -0.156. The molecule has 1 aliphatic carbocycles. The first-order valence-electron chi connectivity index (χ1n) is 13.5. The number of piperidine rings is 1. The number of hydrogen-bond acceptors (Lipinski definition) is 3. The van der Waals surface area contributed by atoms with Crippen molar-refractivity contribution in [2.24, 2.45) is 5.41 Å². The first-order chi connectivity index (χ1) is 18.1. The third-order valence-corrected chi connectivity index (χ3v) is 11.2. The predicted molar refractivity (Wildman–Crippen MR) is 156 cm³/mol. The highest BCUT2D eigenvalue weighted by Crippen LogP contribution is 2.53. The van der Waals surface area contributed by atoms with Gasteiger partial charge in [-0.15, -0.1) is 6.58 Å². The first-order valence-corrected chi connectivity index (χ1v) is 15.7. The van der Waals surface area contributed by atoms with Crippen molar-refractivity contribution in [3.63, 3.8) is 0 Å². The molecule has 1 saturated carbocycles. The average Bonchev–Trinajstić information content (AvgIpc) is 3.75. The van der Waals surface area contributed by atoms with Gasteiger partial charge in [0.1, 0.15) is 0 Å². The summed E-state index contributed by atoms with van der Waals surface area (Å²) in [6, 6.07) is 14.9. The summed E-state index contributed by atoms with van der Waals surface area (Å²) in [5.41, 5.74) is 1.40. The molecule has 1 heterocycles. The molecule has 0 aromatic heterocycles. The fraction of sp³-hybridized carbons (Fsp3) is 0.500. The van der Waals surface area contributed by atoms with Crippen LogP contribution >= 0.6 is 23.2 Å². The summed E-state index contributed by atoms with van der Waals surface area (Å²) >= 11 is 12.7. The molecule has 0 N–H and O–H groups in total. The van der Waals surface area contributed by atoms with E-state index in [0.29, 0.717) is 48.6 Å². The van der Waals surface area contributed by atoms with E-state index < -0.39 is 15.4 Å². The van der Waals surface area contributed by atoms with Gasteiger partial charge in [0.05, 0.1) is 16.7 Å². The van der Waals surface area contributed by atoms with E-state index >= 15 is 0 Å². The van der Waals surface area contributed by atoms with Crippen LogP contribution in [0.3, 0.4) is 0 Å². The molecule has 1 aliphatic heterocycles. The van der Waals surface area contributed by atoms with Crippen molar-refractivity contribution < 1.29 is 13.2 Å². The van der Waals surface area contributed by atoms with Crippen molar-refractivity contribution in [1.29, 1.82) is 0 Å². The molecule has 1 unspecified atom stereocenters. The lowest BCUT2D eigenvalue weighted by Crippen LogP contribution is -2.58.